The predicted octanol–water partition coefficient (Wildman–Crippen LogP) is 3.07. The van der Waals surface area contributed by atoms with Gasteiger partial charge in [0.2, 0.25) is 0 Å². The topological polar surface area (TPSA) is 96.5 Å². The standard InChI is InChI=1S/C22H25N3O4/c1-15-7-5-10-17(13-15)24-22(28)23-14-20(26)29-21(27)19-12-6-11-18(25-19)16-8-3-2-4-9-16/h2-5,7-10,13,18-19,25H,6,11-12,14H2,1H3,(H2,23,24,28). The maximum Gasteiger partial charge on any atom is 0.333 e. The Bertz CT molecular complexity index is 869. The van der Waals surface area contributed by atoms with Crippen molar-refractivity contribution in [2.24, 2.45) is 0 Å². The minimum Gasteiger partial charge on any atom is -0.391 e. The first-order chi connectivity index (χ1) is 14.0. The number of nitrogens with one attached hydrogen (secondary N) is 3. The van der Waals surface area contributed by atoms with E-state index in [1.54, 1.807) is 12.1 Å². The monoisotopic (exact) mass is 395 g/mol. The van der Waals surface area contributed by atoms with Crippen LogP contribution in [0.3, 0.4) is 0 Å². The molecular weight excluding hydrogens is 370 g/mol. The summed E-state index contributed by atoms with van der Waals surface area (Å²) in [4.78, 5) is 36.2. The van der Waals surface area contributed by atoms with Crippen LogP contribution >= 0.6 is 0 Å². The number of carbonyl (C=O) groups is 3. The van der Waals surface area contributed by atoms with Crippen LogP contribution in [-0.2, 0) is 14.3 Å². The lowest BCUT2D eigenvalue weighted by Crippen LogP contribution is -2.45. The molecule has 0 spiro atoms. The molecule has 2 amide bonds. The van der Waals surface area contributed by atoms with Crippen molar-refractivity contribution >= 4 is 23.7 Å². The van der Waals surface area contributed by atoms with Crippen molar-refractivity contribution in [1.82, 2.24) is 10.6 Å². The van der Waals surface area contributed by atoms with Crippen LogP contribution in [0.15, 0.2) is 54.6 Å². The summed E-state index contributed by atoms with van der Waals surface area (Å²) < 4.78 is 4.91. The van der Waals surface area contributed by atoms with Gasteiger partial charge in [-0.05, 0) is 49.4 Å². The van der Waals surface area contributed by atoms with E-state index < -0.39 is 30.6 Å². The third kappa shape index (κ3) is 6.15. The van der Waals surface area contributed by atoms with Crippen molar-refractivity contribution in [3.05, 3.63) is 65.7 Å². The Hall–Kier alpha value is -3.19. The SMILES string of the molecule is Cc1cccc(NC(=O)NCC(=O)OC(=O)C2CCCC(c3ccccc3)N2)c1. The minimum atomic E-state index is -0.793. The Morgan fingerprint density at radius 3 is 2.62 bits per heavy atom. The summed E-state index contributed by atoms with van der Waals surface area (Å²) in [5.74, 6) is -1.41. The number of piperidine rings is 1. The zero-order valence-corrected chi connectivity index (χ0v) is 16.3. The summed E-state index contributed by atoms with van der Waals surface area (Å²) in [6, 6.07) is 16.1. The molecule has 1 fully saturated rings. The highest BCUT2D eigenvalue weighted by molar-refractivity contribution is 5.94. The zero-order chi connectivity index (χ0) is 20.6. The molecule has 0 aromatic heterocycles. The normalized spacial score (nSPS) is 18.5. The molecule has 152 valence electrons. The van der Waals surface area contributed by atoms with Gasteiger partial charge in [-0.15, -0.1) is 0 Å². The van der Waals surface area contributed by atoms with E-state index in [4.69, 9.17) is 4.74 Å². The van der Waals surface area contributed by atoms with Gasteiger partial charge < -0.3 is 15.4 Å². The van der Waals surface area contributed by atoms with Gasteiger partial charge >= 0.3 is 18.0 Å². The highest BCUT2D eigenvalue weighted by Crippen LogP contribution is 2.25. The lowest BCUT2D eigenvalue weighted by molar-refractivity contribution is -0.161. The molecule has 1 aliphatic heterocycles. The maximum atomic E-state index is 12.3. The Morgan fingerprint density at radius 2 is 1.86 bits per heavy atom. The van der Waals surface area contributed by atoms with E-state index in [2.05, 4.69) is 16.0 Å². The van der Waals surface area contributed by atoms with E-state index in [0.717, 1.165) is 24.0 Å². The molecule has 1 aliphatic rings. The van der Waals surface area contributed by atoms with Crippen molar-refractivity contribution in [2.75, 3.05) is 11.9 Å². The first-order valence-electron chi connectivity index (χ1n) is 9.68. The fourth-order valence-electron chi connectivity index (χ4n) is 3.34. The molecule has 2 aromatic carbocycles. The van der Waals surface area contributed by atoms with Crippen molar-refractivity contribution in [2.45, 2.75) is 38.3 Å². The number of hydrogen-bond acceptors (Lipinski definition) is 5. The number of rotatable bonds is 5. The first kappa shape index (κ1) is 20.5. The number of esters is 2. The van der Waals surface area contributed by atoms with E-state index in [1.807, 2.05) is 49.4 Å². The highest BCUT2D eigenvalue weighted by Gasteiger charge is 2.29. The van der Waals surface area contributed by atoms with Gasteiger partial charge in [0, 0.05) is 11.7 Å². The molecule has 2 atom stereocenters. The third-order valence-corrected chi connectivity index (χ3v) is 4.76. The fourth-order valence-corrected chi connectivity index (χ4v) is 3.34. The summed E-state index contributed by atoms with van der Waals surface area (Å²) >= 11 is 0. The second kappa shape index (κ2) is 9.84. The van der Waals surface area contributed by atoms with Crippen LogP contribution in [0.25, 0.3) is 0 Å². The van der Waals surface area contributed by atoms with E-state index >= 15 is 0 Å². The fraction of sp³-hybridized carbons (Fsp3) is 0.318. The molecule has 2 aromatic rings. The number of hydrogen-bond donors (Lipinski definition) is 3. The van der Waals surface area contributed by atoms with Crippen LogP contribution in [-0.4, -0.2) is 30.6 Å². The molecule has 0 aliphatic carbocycles. The second-order valence-corrected chi connectivity index (χ2v) is 7.08. The first-order valence-corrected chi connectivity index (χ1v) is 9.68. The zero-order valence-electron chi connectivity index (χ0n) is 16.3. The number of aryl methyl sites for hydroxylation is 1. The van der Waals surface area contributed by atoms with Gasteiger partial charge in [0.1, 0.15) is 12.6 Å². The van der Waals surface area contributed by atoms with Crippen molar-refractivity contribution in [3.63, 3.8) is 0 Å². The number of ether oxygens (including phenoxy) is 1. The largest absolute Gasteiger partial charge is 0.391 e. The summed E-state index contributed by atoms with van der Waals surface area (Å²) in [6.45, 7) is 1.52. The van der Waals surface area contributed by atoms with Crippen LogP contribution in [0.4, 0.5) is 10.5 Å². The van der Waals surface area contributed by atoms with Gasteiger partial charge in [-0.2, -0.15) is 0 Å². The number of anilines is 1. The third-order valence-electron chi connectivity index (χ3n) is 4.76. The maximum absolute atomic E-state index is 12.3. The average molecular weight is 395 g/mol. The van der Waals surface area contributed by atoms with Crippen LogP contribution in [0, 0.1) is 6.92 Å². The molecule has 7 nitrogen and oxygen atoms in total. The van der Waals surface area contributed by atoms with Crippen LogP contribution in [0.5, 0.6) is 0 Å². The van der Waals surface area contributed by atoms with Gasteiger partial charge in [0.15, 0.2) is 0 Å². The molecule has 0 saturated carbocycles. The predicted molar refractivity (Wildman–Crippen MR) is 109 cm³/mol. The molecule has 0 bridgehead atoms. The van der Waals surface area contributed by atoms with Gasteiger partial charge in [-0.25, -0.2) is 14.4 Å². The highest BCUT2D eigenvalue weighted by atomic mass is 16.6. The summed E-state index contributed by atoms with van der Waals surface area (Å²) in [6.07, 6.45) is 2.39. The molecule has 2 unspecified atom stereocenters. The Labute approximate surface area is 169 Å². The smallest absolute Gasteiger partial charge is 0.333 e. The Kier molecular flexibility index (Phi) is 6.97. The molecule has 3 rings (SSSR count). The molecule has 29 heavy (non-hydrogen) atoms. The summed E-state index contributed by atoms with van der Waals surface area (Å²) in [7, 11) is 0. The summed E-state index contributed by atoms with van der Waals surface area (Å²) in [5.41, 5.74) is 2.72. The van der Waals surface area contributed by atoms with Crippen LogP contribution < -0.4 is 16.0 Å². The Morgan fingerprint density at radius 1 is 1.07 bits per heavy atom. The number of urea groups is 1. The quantitative estimate of drug-likeness (QED) is 0.534. The summed E-state index contributed by atoms with van der Waals surface area (Å²) in [5, 5.41) is 8.27. The molecular formula is C22H25N3O4. The minimum absolute atomic E-state index is 0.0517. The number of carbonyl (C=O) groups excluding carboxylic acids is 3. The number of amides is 2. The molecule has 0 radical (unpaired) electrons. The van der Waals surface area contributed by atoms with Crippen LogP contribution in [0.1, 0.15) is 36.4 Å². The van der Waals surface area contributed by atoms with Gasteiger partial charge in [0.25, 0.3) is 0 Å². The molecule has 1 saturated heterocycles. The molecule has 3 N–H and O–H groups in total. The van der Waals surface area contributed by atoms with Gasteiger partial charge in [-0.1, -0.05) is 42.5 Å². The lowest BCUT2D eigenvalue weighted by Gasteiger charge is -2.29. The van der Waals surface area contributed by atoms with E-state index in [9.17, 15) is 14.4 Å². The van der Waals surface area contributed by atoms with Crippen molar-refractivity contribution in [3.8, 4) is 0 Å². The van der Waals surface area contributed by atoms with Crippen molar-refractivity contribution in [1.29, 1.82) is 0 Å². The molecule has 7 heteroatoms. The lowest BCUT2D eigenvalue weighted by atomic mass is 9.93. The van der Waals surface area contributed by atoms with Gasteiger partial charge in [-0.3, -0.25) is 5.32 Å². The Balaban J connectivity index is 1.44. The molecule has 1 heterocycles. The van der Waals surface area contributed by atoms with Crippen LogP contribution in [0.2, 0.25) is 0 Å². The second-order valence-electron chi connectivity index (χ2n) is 7.08. The average Bonchev–Trinajstić information content (AvgIpc) is 2.73. The van der Waals surface area contributed by atoms with E-state index in [1.165, 1.54) is 0 Å². The van der Waals surface area contributed by atoms with Gasteiger partial charge in [0.05, 0.1) is 0 Å². The van der Waals surface area contributed by atoms with E-state index in [-0.39, 0.29) is 6.04 Å². The number of benzene rings is 2. The van der Waals surface area contributed by atoms with Crippen molar-refractivity contribution < 1.29 is 19.1 Å². The van der Waals surface area contributed by atoms with E-state index in [0.29, 0.717) is 12.1 Å².